The number of imidazole rings is 1. The molecule has 0 saturated carbocycles. The minimum absolute atomic E-state index is 0.0165. The molecule has 3 aromatic rings. The Morgan fingerprint density at radius 3 is 2.71 bits per heavy atom. The monoisotopic (exact) mass is 362 g/mol. The first-order valence-corrected chi connectivity index (χ1v) is 8.01. The fraction of sp³-hybridized carbons (Fsp3) is 0.0667. The van der Waals surface area contributed by atoms with Crippen LogP contribution in [0, 0.1) is 0 Å². The molecule has 1 N–H and O–H groups in total. The smallest absolute Gasteiger partial charge is 0.313 e. The number of carboxylic acids is 1. The van der Waals surface area contributed by atoms with Gasteiger partial charge in [0.2, 0.25) is 0 Å². The van der Waals surface area contributed by atoms with E-state index >= 15 is 0 Å². The molecule has 0 aliphatic carbocycles. The Bertz CT molecular complexity index is 802. The van der Waals surface area contributed by atoms with Crippen molar-refractivity contribution < 1.29 is 9.90 Å². The number of hydrogen-bond donors (Lipinski definition) is 1. The van der Waals surface area contributed by atoms with Gasteiger partial charge in [-0.2, -0.15) is 0 Å². The molecule has 3 rings (SSSR count). The van der Waals surface area contributed by atoms with Gasteiger partial charge in [0.05, 0.1) is 16.8 Å². The molecular formula is C15H11BrN2O2S. The molecule has 0 fully saturated rings. The summed E-state index contributed by atoms with van der Waals surface area (Å²) in [4.78, 5) is 15.4. The highest BCUT2D eigenvalue weighted by molar-refractivity contribution is 9.10. The minimum atomic E-state index is -0.854. The van der Waals surface area contributed by atoms with Gasteiger partial charge in [0.1, 0.15) is 0 Å². The maximum Gasteiger partial charge on any atom is 0.313 e. The largest absolute Gasteiger partial charge is 0.481 e. The van der Waals surface area contributed by atoms with Crippen LogP contribution in [0.3, 0.4) is 0 Å². The van der Waals surface area contributed by atoms with Crippen LogP contribution in [0.1, 0.15) is 0 Å². The van der Waals surface area contributed by atoms with Crippen molar-refractivity contribution in [3.8, 4) is 5.69 Å². The predicted molar refractivity (Wildman–Crippen MR) is 87.1 cm³/mol. The van der Waals surface area contributed by atoms with Crippen LogP contribution in [0.25, 0.3) is 16.7 Å². The molecule has 0 aliphatic rings. The van der Waals surface area contributed by atoms with Crippen LogP contribution in [-0.4, -0.2) is 26.4 Å². The maximum atomic E-state index is 10.8. The molecule has 21 heavy (non-hydrogen) atoms. The van der Waals surface area contributed by atoms with Crippen LogP contribution >= 0.6 is 27.7 Å². The number of benzene rings is 2. The summed E-state index contributed by atoms with van der Waals surface area (Å²) in [5, 5.41) is 9.57. The number of aromatic nitrogens is 2. The fourth-order valence-electron chi connectivity index (χ4n) is 2.08. The van der Waals surface area contributed by atoms with Gasteiger partial charge in [0, 0.05) is 10.2 Å². The van der Waals surface area contributed by atoms with E-state index in [-0.39, 0.29) is 5.75 Å². The van der Waals surface area contributed by atoms with Crippen LogP contribution in [-0.2, 0) is 4.79 Å². The zero-order valence-corrected chi connectivity index (χ0v) is 13.3. The number of carboxylic acid groups (broad SMARTS) is 1. The maximum absolute atomic E-state index is 10.8. The standard InChI is InChI=1S/C15H11BrN2O2S/c16-10-6-7-13-12(8-10)17-15(21-9-14(19)20)18(13)11-4-2-1-3-5-11/h1-8H,9H2,(H,19,20). The Morgan fingerprint density at radius 2 is 2.00 bits per heavy atom. The summed E-state index contributed by atoms with van der Waals surface area (Å²) < 4.78 is 2.93. The number of nitrogens with zero attached hydrogens (tertiary/aromatic N) is 2. The Kier molecular flexibility index (Phi) is 3.98. The van der Waals surface area contributed by atoms with Crippen LogP contribution < -0.4 is 0 Å². The van der Waals surface area contributed by atoms with Crippen LogP contribution in [0.5, 0.6) is 0 Å². The van der Waals surface area contributed by atoms with Crippen LogP contribution in [0.2, 0.25) is 0 Å². The average molecular weight is 363 g/mol. The molecule has 6 heteroatoms. The van der Waals surface area contributed by atoms with Crippen molar-refractivity contribution in [3.63, 3.8) is 0 Å². The van der Waals surface area contributed by atoms with Gasteiger partial charge in [-0.3, -0.25) is 9.36 Å². The summed E-state index contributed by atoms with van der Waals surface area (Å²) in [6.45, 7) is 0. The second-order valence-electron chi connectivity index (χ2n) is 4.38. The highest BCUT2D eigenvalue weighted by Crippen LogP contribution is 2.29. The average Bonchev–Trinajstić information content (AvgIpc) is 2.83. The first-order valence-electron chi connectivity index (χ1n) is 6.23. The molecule has 0 aliphatic heterocycles. The van der Waals surface area contributed by atoms with Gasteiger partial charge in [-0.25, -0.2) is 4.98 Å². The lowest BCUT2D eigenvalue weighted by Gasteiger charge is -2.08. The van der Waals surface area contributed by atoms with E-state index in [0.29, 0.717) is 5.16 Å². The Balaban J connectivity index is 2.18. The molecule has 0 spiro atoms. The number of halogens is 1. The number of thioether (sulfide) groups is 1. The van der Waals surface area contributed by atoms with E-state index in [9.17, 15) is 4.79 Å². The van der Waals surface area contributed by atoms with Gasteiger partial charge in [-0.1, -0.05) is 45.9 Å². The second-order valence-corrected chi connectivity index (χ2v) is 6.24. The number of para-hydroxylation sites is 1. The lowest BCUT2D eigenvalue weighted by Crippen LogP contribution is -2.01. The molecular weight excluding hydrogens is 352 g/mol. The zero-order chi connectivity index (χ0) is 14.8. The van der Waals surface area contributed by atoms with Crippen molar-refractivity contribution >= 4 is 44.7 Å². The molecule has 0 radical (unpaired) electrons. The van der Waals surface area contributed by atoms with Crippen molar-refractivity contribution in [3.05, 3.63) is 53.0 Å². The van der Waals surface area contributed by atoms with E-state index in [4.69, 9.17) is 5.11 Å². The first kappa shape index (κ1) is 14.2. The molecule has 1 heterocycles. The van der Waals surface area contributed by atoms with E-state index < -0.39 is 5.97 Å². The third-order valence-corrected chi connectivity index (χ3v) is 4.34. The molecule has 106 valence electrons. The van der Waals surface area contributed by atoms with Gasteiger partial charge in [0.25, 0.3) is 0 Å². The third-order valence-electron chi connectivity index (χ3n) is 2.92. The molecule has 0 unspecified atom stereocenters. The molecule has 1 aromatic heterocycles. The lowest BCUT2D eigenvalue weighted by molar-refractivity contribution is -0.133. The second kappa shape index (κ2) is 5.91. The first-order chi connectivity index (χ1) is 10.1. The quantitative estimate of drug-likeness (QED) is 0.713. The number of carbonyl (C=O) groups is 1. The minimum Gasteiger partial charge on any atom is -0.481 e. The van der Waals surface area contributed by atoms with Crippen LogP contribution in [0.15, 0.2) is 58.2 Å². The summed E-state index contributed by atoms with van der Waals surface area (Å²) >= 11 is 4.65. The van der Waals surface area contributed by atoms with E-state index in [1.807, 2.05) is 53.1 Å². The molecule has 0 atom stereocenters. The van der Waals surface area contributed by atoms with Gasteiger partial charge in [-0.05, 0) is 30.3 Å². The topological polar surface area (TPSA) is 55.1 Å². The molecule has 0 bridgehead atoms. The SMILES string of the molecule is O=C(O)CSc1nc2cc(Br)ccc2n1-c1ccccc1. The third kappa shape index (κ3) is 2.96. The molecule has 0 saturated heterocycles. The molecule has 0 amide bonds. The zero-order valence-electron chi connectivity index (χ0n) is 10.9. The van der Waals surface area contributed by atoms with Crippen LogP contribution in [0.4, 0.5) is 0 Å². The predicted octanol–water partition coefficient (Wildman–Crippen LogP) is 3.96. The number of fused-ring (bicyclic) bond motifs is 1. The van der Waals surface area contributed by atoms with Crippen molar-refractivity contribution in [1.82, 2.24) is 9.55 Å². The van der Waals surface area contributed by atoms with Crippen molar-refractivity contribution in [2.75, 3.05) is 5.75 Å². The van der Waals surface area contributed by atoms with Crippen molar-refractivity contribution in [2.24, 2.45) is 0 Å². The van der Waals surface area contributed by atoms with Gasteiger partial charge < -0.3 is 5.11 Å². The lowest BCUT2D eigenvalue weighted by atomic mass is 10.3. The van der Waals surface area contributed by atoms with E-state index in [1.165, 1.54) is 11.8 Å². The number of hydrogen-bond acceptors (Lipinski definition) is 3. The summed E-state index contributed by atoms with van der Waals surface area (Å²) in [6.07, 6.45) is 0. The fourth-order valence-corrected chi connectivity index (χ4v) is 3.18. The van der Waals surface area contributed by atoms with E-state index in [2.05, 4.69) is 20.9 Å². The number of aliphatic carboxylic acids is 1. The number of rotatable bonds is 4. The highest BCUT2D eigenvalue weighted by atomic mass is 79.9. The summed E-state index contributed by atoms with van der Waals surface area (Å²) in [7, 11) is 0. The van der Waals surface area contributed by atoms with Crippen molar-refractivity contribution in [1.29, 1.82) is 0 Å². The molecule has 2 aromatic carbocycles. The summed E-state index contributed by atoms with van der Waals surface area (Å²) in [6, 6.07) is 15.7. The van der Waals surface area contributed by atoms with E-state index in [0.717, 1.165) is 21.2 Å². The normalized spacial score (nSPS) is 10.9. The van der Waals surface area contributed by atoms with Gasteiger partial charge >= 0.3 is 5.97 Å². The Morgan fingerprint density at radius 1 is 1.24 bits per heavy atom. The van der Waals surface area contributed by atoms with Gasteiger partial charge in [-0.15, -0.1) is 0 Å². The van der Waals surface area contributed by atoms with Crippen molar-refractivity contribution in [2.45, 2.75) is 5.16 Å². The summed E-state index contributed by atoms with van der Waals surface area (Å²) in [5.74, 6) is -0.870. The molecule has 4 nitrogen and oxygen atoms in total. The summed E-state index contributed by atoms with van der Waals surface area (Å²) in [5.41, 5.74) is 2.76. The Labute approximate surface area is 133 Å². The highest BCUT2D eigenvalue weighted by Gasteiger charge is 2.14. The Hall–Kier alpha value is -1.79. The van der Waals surface area contributed by atoms with Gasteiger partial charge in [0.15, 0.2) is 5.16 Å². The van der Waals surface area contributed by atoms with E-state index in [1.54, 1.807) is 0 Å².